The van der Waals surface area contributed by atoms with Crippen LogP contribution in [0, 0.1) is 0 Å². The molecule has 0 heterocycles. The van der Waals surface area contributed by atoms with E-state index in [1.165, 1.54) is 30.0 Å². The van der Waals surface area contributed by atoms with Crippen molar-refractivity contribution in [1.82, 2.24) is 0 Å². The van der Waals surface area contributed by atoms with Crippen LogP contribution in [-0.4, -0.2) is 35.8 Å². The van der Waals surface area contributed by atoms with Gasteiger partial charge in [0, 0.05) is 32.8 Å². The van der Waals surface area contributed by atoms with E-state index >= 15 is 0 Å². The highest BCUT2D eigenvalue weighted by atomic mass is 35.5. The van der Waals surface area contributed by atoms with E-state index in [0.717, 1.165) is 4.90 Å². The van der Waals surface area contributed by atoms with Crippen LogP contribution in [0.4, 0.5) is 5.69 Å². The zero-order chi connectivity index (χ0) is 22.7. The van der Waals surface area contributed by atoms with Crippen LogP contribution in [0.2, 0.25) is 5.02 Å². The van der Waals surface area contributed by atoms with Crippen LogP contribution in [0.5, 0.6) is 0 Å². The number of hydrogen-bond acceptors (Lipinski definition) is 6. The van der Waals surface area contributed by atoms with Crippen LogP contribution < -0.4 is 5.32 Å². The Hall–Kier alpha value is -3.42. The van der Waals surface area contributed by atoms with Crippen LogP contribution in [0.3, 0.4) is 0 Å². The maximum atomic E-state index is 12.8. The van der Waals surface area contributed by atoms with Gasteiger partial charge in [0.1, 0.15) is 0 Å². The number of halogens is 1. The monoisotopic (exact) mass is 465 g/mol. The molecule has 32 heavy (non-hydrogen) atoms. The van der Waals surface area contributed by atoms with Crippen molar-refractivity contribution in [1.29, 1.82) is 0 Å². The van der Waals surface area contributed by atoms with Gasteiger partial charge in [-0.25, -0.2) is 0 Å². The normalized spacial score (nSPS) is 12.0. The van der Waals surface area contributed by atoms with Crippen molar-refractivity contribution in [3.8, 4) is 0 Å². The Balaban J connectivity index is 1.35. The SMILES string of the molecule is O=C(COC(=O)CSc1ccccc1Cl)Nc1ccc2c(c1)C(=O)c1ccccc1C2=O. The van der Waals surface area contributed by atoms with Crippen molar-refractivity contribution >= 4 is 52.5 Å². The fraction of sp³-hybridized carbons (Fsp3) is 0.0833. The maximum Gasteiger partial charge on any atom is 0.316 e. The summed E-state index contributed by atoms with van der Waals surface area (Å²) in [7, 11) is 0. The van der Waals surface area contributed by atoms with E-state index in [-0.39, 0.29) is 28.4 Å². The van der Waals surface area contributed by atoms with Gasteiger partial charge in [-0.05, 0) is 30.3 Å². The van der Waals surface area contributed by atoms with Gasteiger partial charge in [-0.1, -0.05) is 48.0 Å². The quantitative estimate of drug-likeness (QED) is 0.335. The van der Waals surface area contributed by atoms with Crippen LogP contribution in [0.25, 0.3) is 0 Å². The van der Waals surface area contributed by atoms with Crippen molar-refractivity contribution in [2.45, 2.75) is 4.90 Å². The minimum absolute atomic E-state index is 0.00583. The number of thioether (sulfide) groups is 1. The highest BCUT2D eigenvalue weighted by Crippen LogP contribution is 2.29. The Kier molecular flexibility index (Phi) is 6.39. The third-order valence-corrected chi connectivity index (χ3v) is 6.24. The third-order valence-electron chi connectivity index (χ3n) is 4.76. The molecule has 3 aromatic rings. The molecule has 1 N–H and O–H groups in total. The average molecular weight is 466 g/mol. The smallest absolute Gasteiger partial charge is 0.316 e. The molecule has 160 valence electrons. The Bertz CT molecular complexity index is 1260. The van der Waals surface area contributed by atoms with Gasteiger partial charge in [-0.2, -0.15) is 0 Å². The number of carbonyl (C=O) groups is 4. The Morgan fingerprint density at radius 2 is 1.47 bits per heavy atom. The number of ketones is 2. The molecule has 1 aliphatic rings. The van der Waals surface area contributed by atoms with E-state index in [2.05, 4.69) is 5.32 Å². The molecule has 0 fully saturated rings. The Morgan fingerprint density at radius 3 is 2.19 bits per heavy atom. The molecule has 0 radical (unpaired) electrons. The second-order valence-electron chi connectivity index (χ2n) is 6.89. The molecular formula is C24H16ClNO5S. The molecular weight excluding hydrogens is 450 g/mol. The van der Waals surface area contributed by atoms with Crippen LogP contribution >= 0.6 is 23.4 Å². The summed E-state index contributed by atoms with van der Waals surface area (Å²) in [5.74, 6) is -1.64. The molecule has 8 heteroatoms. The fourth-order valence-electron chi connectivity index (χ4n) is 3.26. The highest BCUT2D eigenvalue weighted by Gasteiger charge is 2.29. The number of amides is 1. The zero-order valence-corrected chi connectivity index (χ0v) is 18.2. The summed E-state index contributed by atoms with van der Waals surface area (Å²) in [4.78, 5) is 50.3. The number of anilines is 1. The predicted octanol–water partition coefficient (Wildman–Crippen LogP) is 4.39. The predicted molar refractivity (Wildman–Crippen MR) is 122 cm³/mol. The molecule has 0 bridgehead atoms. The molecule has 0 aromatic heterocycles. The molecule has 3 aromatic carbocycles. The summed E-state index contributed by atoms with van der Waals surface area (Å²) >= 11 is 7.25. The zero-order valence-electron chi connectivity index (χ0n) is 16.6. The summed E-state index contributed by atoms with van der Waals surface area (Å²) in [6.45, 7) is -0.477. The molecule has 1 amide bonds. The summed E-state index contributed by atoms with van der Waals surface area (Å²) in [5.41, 5.74) is 1.53. The first-order valence-corrected chi connectivity index (χ1v) is 11.0. The van der Waals surface area contributed by atoms with E-state index in [1.807, 2.05) is 6.07 Å². The summed E-state index contributed by atoms with van der Waals surface area (Å²) in [5, 5.41) is 3.12. The van der Waals surface area contributed by atoms with E-state index in [9.17, 15) is 19.2 Å². The molecule has 0 saturated heterocycles. The van der Waals surface area contributed by atoms with E-state index in [1.54, 1.807) is 42.5 Å². The largest absolute Gasteiger partial charge is 0.455 e. The van der Waals surface area contributed by atoms with Gasteiger partial charge >= 0.3 is 5.97 Å². The maximum absolute atomic E-state index is 12.8. The number of rotatable bonds is 6. The van der Waals surface area contributed by atoms with Crippen LogP contribution in [0.15, 0.2) is 71.6 Å². The van der Waals surface area contributed by atoms with Crippen molar-refractivity contribution in [2.24, 2.45) is 0 Å². The first kappa shape index (κ1) is 21.8. The second-order valence-corrected chi connectivity index (χ2v) is 8.32. The lowest BCUT2D eigenvalue weighted by molar-refractivity contribution is -0.144. The van der Waals surface area contributed by atoms with Crippen molar-refractivity contribution in [3.63, 3.8) is 0 Å². The lowest BCUT2D eigenvalue weighted by atomic mass is 9.84. The lowest BCUT2D eigenvalue weighted by Gasteiger charge is -2.18. The number of nitrogens with one attached hydrogen (secondary N) is 1. The van der Waals surface area contributed by atoms with Gasteiger partial charge in [0.2, 0.25) is 0 Å². The number of carbonyl (C=O) groups excluding carboxylic acids is 4. The topological polar surface area (TPSA) is 89.5 Å². The van der Waals surface area contributed by atoms with E-state index < -0.39 is 18.5 Å². The minimum Gasteiger partial charge on any atom is -0.455 e. The van der Waals surface area contributed by atoms with E-state index in [0.29, 0.717) is 21.8 Å². The number of fused-ring (bicyclic) bond motifs is 2. The van der Waals surface area contributed by atoms with Gasteiger partial charge in [0.05, 0.1) is 10.8 Å². The van der Waals surface area contributed by atoms with E-state index in [4.69, 9.17) is 16.3 Å². The van der Waals surface area contributed by atoms with Crippen LogP contribution in [0.1, 0.15) is 31.8 Å². The Labute approximate surface area is 192 Å². The molecule has 1 aliphatic carbocycles. The van der Waals surface area contributed by atoms with Gasteiger partial charge in [0.15, 0.2) is 18.2 Å². The lowest BCUT2D eigenvalue weighted by Crippen LogP contribution is -2.23. The number of benzene rings is 3. The molecule has 0 saturated carbocycles. The van der Waals surface area contributed by atoms with Gasteiger partial charge in [-0.3, -0.25) is 19.2 Å². The summed E-state index contributed by atoms with van der Waals surface area (Å²) in [6.07, 6.45) is 0. The number of ether oxygens (including phenoxy) is 1. The van der Waals surface area contributed by atoms with Crippen molar-refractivity contribution < 1.29 is 23.9 Å². The molecule has 0 spiro atoms. The highest BCUT2D eigenvalue weighted by molar-refractivity contribution is 8.00. The van der Waals surface area contributed by atoms with Gasteiger partial charge < -0.3 is 10.1 Å². The van der Waals surface area contributed by atoms with Crippen molar-refractivity contribution in [2.75, 3.05) is 17.7 Å². The van der Waals surface area contributed by atoms with Gasteiger partial charge in [0.25, 0.3) is 5.91 Å². The molecule has 4 rings (SSSR count). The minimum atomic E-state index is -0.562. The number of hydrogen-bond donors (Lipinski definition) is 1. The standard InChI is InChI=1S/C24H16ClNO5S/c25-19-7-3-4-8-20(19)32-13-22(28)31-12-21(27)26-14-9-10-17-18(11-14)24(30)16-6-2-1-5-15(16)23(17)29/h1-11H,12-13H2,(H,26,27). The first-order valence-electron chi connectivity index (χ1n) is 9.59. The first-order chi connectivity index (χ1) is 15.4. The molecule has 6 nitrogen and oxygen atoms in total. The second kappa shape index (κ2) is 9.38. The van der Waals surface area contributed by atoms with Crippen molar-refractivity contribution in [3.05, 3.63) is 94.0 Å². The molecule has 0 aliphatic heterocycles. The van der Waals surface area contributed by atoms with Crippen LogP contribution in [-0.2, 0) is 14.3 Å². The molecule has 0 unspecified atom stereocenters. The third kappa shape index (κ3) is 4.59. The van der Waals surface area contributed by atoms with Gasteiger partial charge in [-0.15, -0.1) is 11.8 Å². The average Bonchev–Trinajstić information content (AvgIpc) is 2.80. The summed E-state index contributed by atoms with van der Waals surface area (Å²) < 4.78 is 5.00. The summed E-state index contributed by atoms with van der Waals surface area (Å²) in [6, 6.07) is 18.2. The molecule has 0 atom stereocenters. The number of esters is 1. The fourth-order valence-corrected chi connectivity index (χ4v) is 4.30. The Morgan fingerprint density at radius 1 is 0.844 bits per heavy atom.